The standard InChI is InChI=1S/C26H22Cl2N2O3.C4H11N/c27-21-9-4-16(14-22(21)28)15-30-13-10-17-2-1-3-20(23(17)30)24(31)29-26(11-12-26)19-7-5-18(6-8-19)25(32)33;1-3-5-4-2/h1-9,14H,10-13,15H2,(H,29,31)(H,32,33);5H,3-4H2,1-2H3. The smallest absolute Gasteiger partial charge is 0.335 e. The third-order valence-electron chi connectivity index (χ3n) is 6.98. The first-order valence-corrected chi connectivity index (χ1v) is 13.7. The fourth-order valence-electron chi connectivity index (χ4n) is 4.81. The molecule has 0 radical (unpaired) electrons. The number of benzene rings is 3. The molecule has 1 amide bonds. The summed E-state index contributed by atoms with van der Waals surface area (Å²) < 4.78 is 0. The molecule has 3 aromatic carbocycles. The molecule has 5 rings (SSSR count). The highest BCUT2D eigenvalue weighted by Crippen LogP contribution is 2.46. The van der Waals surface area contributed by atoms with Crippen molar-refractivity contribution in [3.63, 3.8) is 0 Å². The molecule has 200 valence electrons. The number of halogens is 2. The summed E-state index contributed by atoms with van der Waals surface area (Å²) >= 11 is 12.3. The molecule has 0 bridgehead atoms. The lowest BCUT2D eigenvalue weighted by molar-refractivity contribution is 0.0696. The van der Waals surface area contributed by atoms with Gasteiger partial charge in [-0.05, 0) is 79.4 Å². The van der Waals surface area contributed by atoms with E-state index >= 15 is 0 Å². The molecule has 38 heavy (non-hydrogen) atoms. The molecule has 1 heterocycles. The largest absolute Gasteiger partial charge is 0.478 e. The molecule has 0 unspecified atom stereocenters. The van der Waals surface area contributed by atoms with Crippen molar-refractivity contribution >= 4 is 40.8 Å². The third kappa shape index (κ3) is 6.32. The van der Waals surface area contributed by atoms with Gasteiger partial charge in [0, 0.05) is 13.1 Å². The Morgan fingerprint density at radius 3 is 2.26 bits per heavy atom. The van der Waals surface area contributed by atoms with E-state index in [9.17, 15) is 9.59 Å². The quantitative estimate of drug-likeness (QED) is 0.305. The summed E-state index contributed by atoms with van der Waals surface area (Å²) in [7, 11) is 0. The van der Waals surface area contributed by atoms with Crippen LogP contribution in [0.4, 0.5) is 5.69 Å². The molecule has 0 saturated heterocycles. The lowest BCUT2D eigenvalue weighted by Gasteiger charge is -2.24. The van der Waals surface area contributed by atoms with Crippen LogP contribution in [0.15, 0.2) is 60.7 Å². The zero-order valence-corrected chi connectivity index (χ0v) is 23.2. The van der Waals surface area contributed by atoms with Gasteiger partial charge in [-0.15, -0.1) is 0 Å². The van der Waals surface area contributed by atoms with Crippen LogP contribution in [0.5, 0.6) is 0 Å². The average Bonchev–Trinajstić information content (AvgIpc) is 3.58. The molecular formula is C30H33Cl2N3O3. The fraction of sp³-hybridized carbons (Fsp3) is 0.333. The van der Waals surface area contributed by atoms with Crippen LogP contribution >= 0.6 is 23.2 Å². The lowest BCUT2D eigenvalue weighted by atomic mass is 10.0. The number of amides is 1. The summed E-state index contributed by atoms with van der Waals surface area (Å²) in [5, 5.41) is 16.5. The first-order valence-electron chi connectivity index (χ1n) is 13.0. The second-order valence-corrected chi connectivity index (χ2v) is 10.4. The number of nitrogens with one attached hydrogen (secondary N) is 2. The Labute approximate surface area is 234 Å². The number of carboxylic acids is 1. The van der Waals surface area contributed by atoms with Gasteiger partial charge in [0.2, 0.25) is 0 Å². The Morgan fingerprint density at radius 2 is 1.68 bits per heavy atom. The topological polar surface area (TPSA) is 81.7 Å². The van der Waals surface area contributed by atoms with Crippen LogP contribution in [-0.2, 0) is 18.5 Å². The van der Waals surface area contributed by atoms with E-state index in [2.05, 4.69) is 35.4 Å². The number of carbonyl (C=O) groups is 2. The van der Waals surface area contributed by atoms with E-state index in [4.69, 9.17) is 28.3 Å². The summed E-state index contributed by atoms with van der Waals surface area (Å²) in [5.41, 5.74) is 4.52. The summed E-state index contributed by atoms with van der Waals surface area (Å²) in [6, 6.07) is 18.2. The second-order valence-electron chi connectivity index (χ2n) is 9.61. The van der Waals surface area contributed by atoms with E-state index < -0.39 is 11.5 Å². The third-order valence-corrected chi connectivity index (χ3v) is 7.72. The van der Waals surface area contributed by atoms with Gasteiger partial charge in [-0.25, -0.2) is 4.79 Å². The van der Waals surface area contributed by atoms with Gasteiger partial charge >= 0.3 is 5.97 Å². The Morgan fingerprint density at radius 1 is 0.974 bits per heavy atom. The average molecular weight is 555 g/mol. The summed E-state index contributed by atoms with van der Waals surface area (Å²) in [6.45, 7) is 7.84. The molecule has 0 spiro atoms. The second kappa shape index (κ2) is 12.2. The SMILES string of the molecule is CCNCC.O=C(O)c1ccc(C2(NC(=O)c3cccc4c3N(Cc3ccc(Cl)c(Cl)c3)CC4)CC2)cc1. The zero-order chi connectivity index (χ0) is 27.3. The van der Waals surface area contributed by atoms with Gasteiger partial charge in [-0.2, -0.15) is 0 Å². The van der Waals surface area contributed by atoms with Crippen molar-refractivity contribution in [2.24, 2.45) is 0 Å². The number of hydrogen-bond acceptors (Lipinski definition) is 4. The molecule has 1 fully saturated rings. The number of aromatic carboxylic acids is 1. The Hall–Kier alpha value is -3.06. The van der Waals surface area contributed by atoms with Crippen LogP contribution in [0.2, 0.25) is 10.0 Å². The maximum atomic E-state index is 13.4. The summed E-state index contributed by atoms with van der Waals surface area (Å²) in [6.07, 6.45) is 2.53. The van der Waals surface area contributed by atoms with Crippen LogP contribution < -0.4 is 15.5 Å². The van der Waals surface area contributed by atoms with Crippen LogP contribution in [0, 0.1) is 0 Å². The number of anilines is 1. The van der Waals surface area contributed by atoms with E-state index in [1.165, 1.54) is 0 Å². The van der Waals surface area contributed by atoms with Crippen molar-refractivity contribution in [1.29, 1.82) is 0 Å². The van der Waals surface area contributed by atoms with Crippen LogP contribution in [0.25, 0.3) is 0 Å². The minimum Gasteiger partial charge on any atom is -0.478 e. The van der Waals surface area contributed by atoms with Crippen molar-refractivity contribution in [3.8, 4) is 0 Å². The Balaban J connectivity index is 0.000000617. The first kappa shape index (κ1) is 28.0. The number of hydrogen-bond donors (Lipinski definition) is 3. The fourth-order valence-corrected chi connectivity index (χ4v) is 5.13. The summed E-state index contributed by atoms with van der Waals surface area (Å²) in [5.74, 6) is -1.08. The van der Waals surface area contributed by atoms with Gasteiger partial charge in [0.15, 0.2) is 0 Å². The highest BCUT2D eigenvalue weighted by Gasteiger charge is 2.46. The van der Waals surface area contributed by atoms with E-state index in [0.717, 1.165) is 61.3 Å². The molecule has 8 heteroatoms. The number of carbonyl (C=O) groups excluding carboxylic acids is 1. The van der Waals surface area contributed by atoms with E-state index in [1.54, 1.807) is 30.3 Å². The zero-order valence-electron chi connectivity index (χ0n) is 21.7. The van der Waals surface area contributed by atoms with Gasteiger partial charge in [0.1, 0.15) is 0 Å². The predicted molar refractivity (Wildman–Crippen MR) is 154 cm³/mol. The highest BCUT2D eigenvalue weighted by atomic mass is 35.5. The number of rotatable bonds is 8. The van der Waals surface area contributed by atoms with Gasteiger partial charge in [-0.3, -0.25) is 4.79 Å². The molecule has 1 saturated carbocycles. The monoisotopic (exact) mass is 553 g/mol. The molecule has 2 aliphatic rings. The van der Waals surface area contributed by atoms with Crippen molar-refractivity contribution < 1.29 is 14.7 Å². The maximum absolute atomic E-state index is 13.4. The molecule has 6 nitrogen and oxygen atoms in total. The molecule has 0 aromatic heterocycles. The first-order chi connectivity index (χ1) is 18.3. The predicted octanol–water partition coefficient (Wildman–Crippen LogP) is 6.29. The molecule has 1 aliphatic heterocycles. The normalized spacial score (nSPS) is 14.8. The van der Waals surface area contributed by atoms with Crippen LogP contribution in [0.3, 0.4) is 0 Å². The Bertz CT molecular complexity index is 1300. The van der Waals surface area contributed by atoms with Crippen molar-refractivity contribution in [1.82, 2.24) is 10.6 Å². The van der Waals surface area contributed by atoms with Crippen molar-refractivity contribution in [2.75, 3.05) is 24.5 Å². The number of fused-ring (bicyclic) bond motifs is 1. The Kier molecular flexibility index (Phi) is 8.98. The van der Waals surface area contributed by atoms with Gasteiger partial charge in [-0.1, -0.05) is 67.4 Å². The van der Waals surface area contributed by atoms with Crippen LogP contribution in [0.1, 0.15) is 64.1 Å². The minimum absolute atomic E-state index is 0.118. The molecule has 0 atom stereocenters. The summed E-state index contributed by atoms with van der Waals surface area (Å²) in [4.78, 5) is 26.8. The molecular weight excluding hydrogens is 521 g/mol. The van der Waals surface area contributed by atoms with Gasteiger partial charge < -0.3 is 20.6 Å². The highest BCUT2D eigenvalue weighted by molar-refractivity contribution is 6.42. The van der Waals surface area contributed by atoms with E-state index in [-0.39, 0.29) is 11.5 Å². The molecule has 3 aromatic rings. The van der Waals surface area contributed by atoms with Crippen molar-refractivity contribution in [2.45, 2.75) is 45.2 Å². The van der Waals surface area contributed by atoms with Gasteiger partial charge in [0.25, 0.3) is 5.91 Å². The lowest BCUT2D eigenvalue weighted by Crippen LogP contribution is -2.36. The number of nitrogens with zero attached hydrogens (tertiary/aromatic N) is 1. The van der Waals surface area contributed by atoms with E-state index in [1.807, 2.05) is 24.3 Å². The number of para-hydroxylation sites is 1. The molecule has 1 aliphatic carbocycles. The number of carboxylic acid groups (broad SMARTS) is 1. The van der Waals surface area contributed by atoms with E-state index in [0.29, 0.717) is 22.2 Å². The maximum Gasteiger partial charge on any atom is 0.335 e. The van der Waals surface area contributed by atoms with Gasteiger partial charge in [0.05, 0.1) is 32.4 Å². The van der Waals surface area contributed by atoms with Crippen molar-refractivity contribution in [3.05, 3.63) is 98.5 Å². The minimum atomic E-state index is -0.961. The molecule has 3 N–H and O–H groups in total. The van der Waals surface area contributed by atoms with Crippen LogP contribution in [-0.4, -0.2) is 36.6 Å².